The van der Waals surface area contributed by atoms with Crippen molar-refractivity contribution in [2.24, 2.45) is 0 Å². The number of urea groups is 1. The van der Waals surface area contributed by atoms with Crippen molar-refractivity contribution in [2.75, 3.05) is 41.4 Å². The summed E-state index contributed by atoms with van der Waals surface area (Å²) < 4.78 is 57.0. The van der Waals surface area contributed by atoms with Crippen LogP contribution in [0.4, 0.5) is 35.2 Å². The van der Waals surface area contributed by atoms with Crippen molar-refractivity contribution >= 4 is 23.2 Å². The summed E-state index contributed by atoms with van der Waals surface area (Å²) in [4.78, 5) is 26.3. The van der Waals surface area contributed by atoms with Crippen molar-refractivity contribution in [3.05, 3.63) is 48.3 Å². The van der Waals surface area contributed by atoms with E-state index in [1.807, 2.05) is 13.8 Å². The lowest BCUT2D eigenvalue weighted by Gasteiger charge is -2.45. The number of amides is 2. The fraction of sp³-hybridized carbons (Fsp3) is 0.444. The van der Waals surface area contributed by atoms with E-state index in [2.05, 4.69) is 30.4 Å². The van der Waals surface area contributed by atoms with Gasteiger partial charge in [0, 0.05) is 24.7 Å². The molecule has 3 aliphatic rings. The first-order valence-electron chi connectivity index (χ1n) is 13.2. The van der Waals surface area contributed by atoms with Crippen LogP contribution in [-0.2, 0) is 15.7 Å². The zero-order chi connectivity index (χ0) is 28.8. The predicted molar refractivity (Wildman–Crippen MR) is 142 cm³/mol. The molecule has 2 aromatic heterocycles. The van der Waals surface area contributed by atoms with Gasteiger partial charge in [0.25, 0.3) is 0 Å². The molecule has 2 saturated heterocycles. The van der Waals surface area contributed by atoms with Gasteiger partial charge in [0.15, 0.2) is 17.4 Å². The molecule has 1 unspecified atom stereocenters. The van der Waals surface area contributed by atoms with Gasteiger partial charge in [-0.25, -0.2) is 14.8 Å². The molecule has 11 nitrogen and oxygen atoms in total. The van der Waals surface area contributed by atoms with Gasteiger partial charge in [-0.2, -0.15) is 18.3 Å². The Bertz CT molecular complexity index is 1450. The maximum atomic E-state index is 13.7. The summed E-state index contributed by atoms with van der Waals surface area (Å²) in [7, 11) is 0. The van der Waals surface area contributed by atoms with Gasteiger partial charge in [0.05, 0.1) is 42.0 Å². The van der Waals surface area contributed by atoms with Gasteiger partial charge in [-0.15, -0.1) is 5.10 Å². The average molecular weight is 572 g/mol. The first-order chi connectivity index (χ1) is 19.6. The molecular formula is C27H28F3N7O4. The minimum absolute atomic E-state index is 0.0939. The van der Waals surface area contributed by atoms with Gasteiger partial charge >= 0.3 is 12.2 Å². The number of ether oxygens (including phenoxy) is 3. The van der Waals surface area contributed by atoms with Crippen molar-refractivity contribution in [1.82, 2.24) is 20.2 Å². The number of piperidine rings is 1. The standard InChI is InChI=1S/C27H28F3N7O4/c1-26(2)40-15-20(41-26)14-39-22-10-18(11-32-35-22)33-25(38)37-19-7-4-8-36(13-19)21-12-31-23(34-24(21)37)16-5-3-6-17(9-16)27(28,29)30/h3,5-6,9-12,19-20H,4,7-8,13-15H2,1-2H3,(H,33,35,38)/t19-,20?/m0/s1. The molecule has 0 spiro atoms. The topological polar surface area (TPSA) is 115 Å². The van der Waals surface area contributed by atoms with E-state index in [-0.39, 0.29) is 36.0 Å². The van der Waals surface area contributed by atoms with Crippen LogP contribution in [0.25, 0.3) is 11.4 Å². The average Bonchev–Trinajstić information content (AvgIpc) is 3.30. The van der Waals surface area contributed by atoms with Crippen molar-refractivity contribution in [2.45, 2.75) is 50.8 Å². The summed E-state index contributed by atoms with van der Waals surface area (Å²) in [6, 6.07) is 5.73. The number of benzene rings is 1. The van der Waals surface area contributed by atoms with Gasteiger partial charge in [-0.3, -0.25) is 4.90 Å². The van der Waals surface area contributed by atoms with Crippen LogP contribution in [0, 0.1) is 0 Å². The van der Waals surface area contributed by atoms with E-state index in [9.17, 15) is 18.0 Å². The summed E-state index contributed by atoms with van der Waals surface area (Å²) in [5.41, 5.74) is 0.403. The molecule has 41 heavy (non-hydrogen) atoms. The van der Waals surface area contributed by atoms with E-state index < -0.39 is 23.6 Å². The lowest BCUT2D eigenvalue weighted by molar-refractivity contribution is -0.141. The second kappa shape index (κ2) is 10.4. The molecule has 1 N–H and O–H groups in total. The van der Waals surface area contributed by atoms with Gasteiger partial charge in [-0.1, -0.05) is 12.1 Å². The van der Waals surface area contributed by atoms with Gasteiger partial charge < -0.3 is 24.4 Å². The van der Waals surface area contributed by atoms with Gasteiger partial charge in [0.1, 0.15) is 12.7 Å². The Balaban J connectivity index is 1.24. The van der Waals surface area contributed by atoms with E-state index in [1.165, 1.54) is 18.3 Å². The monoisotopic (exact) mass is 571 g/mol. The van der Waals surface area contributed by atoms with Crippen molar-refractivity contribution in [1.29, 1.82) is 0 Å². The van der Waals surface area contributed by atoms with E-state index in [0.717, 1.165) is 31.5 Å². The normalized spacial score (nSPS) is 21.4. The lowest BCUT2D eigenvalue weighted by atomic mass is 10.0. The third-order valence-corrected chi connectivity index (χ3v) is 7.12. The number of carbonyl (C=O) groups excluding carboxylic acids is 1. The summed E-state index contributed by atoms with van der Waals surface area (Å²) >= 11 is 0. The molecule has 216 valence electrons. The van der Waals surface area contributed by atoms with Gasteiger partial charge in [-0.05, 0) is 38.8 Å². The number of aromatic nitrogens is 4. The summed E-state index contributed by atoms with van der Waals surface area (Å²) in [5.74, 6) is -0.0515. The highest BCUT2D eigenvalue weighted by molar-refractivity contribution is 6.04. The van der Waals surface area contributed by atoms with Crippen LogP contribution in [-0.4, -0.2) is 70.4 Å². The highest BCUT2D eigenvalue weighted by Crippen LogP contribution is 2.39. The van der Waals surface area contributed by atoms with E-state index in [4.69, 9.17) is 14.2 Å². The van der Waals surface area contributed by atoms with Gasteiger partial charge in [0.2, 0.25) is 5.88 Å². The van der Waals surface area contributed by atoms with E-state index >= 15 is 0 Å². The molecule has 5 heterocycles. The molecule has 0 radical (unpaired) electrons. The van der Waals surface area contributed by atoms with Crippen LogP contribution in [0.1, 0.15) is 32.3 Å². The second-order valence-electron chi connectivity index (χ2n) is 10.6. The molecule has 3 aromatic rings. The number of rotatable bonds is 5. The van der Waals surface area contributed by atoms with Crippen LogP contribution in [0.3, 0.4) is 0 Å². The van der Waals surface area contributed by atoms with Crippen molar-refractivity contribution < 1.29 is 32.2 Å². The first-order valence-corrected chi connectivity index (χ1v) is 13.2. The Labute approximate surface area is 233 Å². The number of fused-ring (bicyclic) bond motifs is 4. The highest BCUT2D eigenvalue weighted by atomic mass is 19.4. The number of anilines is 3. The summed E-state index contributed by atoms with van der Waals surface area (Å²) in [6.07, 6.45) is -0.203. The maximum absolute atomic E-state index is 13.7. The molecule has 6 rings (SSSR count). The number of carbonyl (C=O) groups is 1. The third-order valence-electron chi connectivity index (χ3n) is 7.12. The maximum Gasteiger partial charge on any atom is 0.416 e. The quantitative estimate of drug-likeness (QED) is 0.473. The van der Waals surface area contributed by atoms with Crippen LogP contribution in [0.15, 0.2) is 42.7 Å². The minimum Gasteiger partial charge on any atom is -0.474 e. The Morgan fingerprint density at radius 3 is 2.88 bits per heavy atom. The van der Waals surface area contributed by atoms with Crippen LogP contribution in [0.5, 0.6) is 5.88 Å². The first kappa shape index (κ1) is 27.1. The SMILES string of the molecule is CC1(C)OCC(COc2cc(NC(=O)N3c4nc(-c5cccc(C(F)(F)F)c5)ncc4N4CCC[C@H]3C4)cnn2)O1. The third kappa shape index (κ3) is 5.75. The number of hydrogen-bond donors (Lipinski definition) is 1. The molecule has 14 heteroatoms. The number of halogens is 3. The second-order valence-corrected chi connectivity index (χ2v) is 10.6. The van der Waals surface area contributed by atoms with Crippen LogP contribution >= 0.6 is 0 Å². The molecular weight excluding hydrogens is 543 g/mol. The van der Waals surface area contributed by atoms with E-state index in [0.29, 0.717) is 30.3 Å². The number of nitrogens with zero attached hydrogens (tertiary/aromatic N) is 6. The Hall–Kier alpha value is -4.04. The predicted octanol–water partition coefficient (Wildman–Crippen LogP) is 4.50. The molecule has 2 bridgehead atoms. The fourth-order valence-corrected chi connectivity index (χ4v) is 5.25. The Morgan fingerprint density at radius 2 is 2.10 bits per heavy atom. The highest BCUT2D eigenvalue weighted by Gasteiger charge is 2.39. The number of alkyl halides is 3. The zero-order valence-corrected chi connectivity index (χ0v) is 22.4. The van der Waals surface area contributed by atoms with Crippen LogP contribution < -0.4 is 19.9 Å². The zero-order valence-electron chi connectivity index (χ0n) is 22.4. The molecule has 1 aromatic carbocycles. The van der Waals surface area contributed by atoms with Crippen molar-refractivity contribution in [3.63, 3.8) is 0 Å². The molecule has 2 atom stereocenters. The Morgan fingerprint density at radius 1 is 1.24 bits per heavy atom. The number of hydrogen-bond acceptors (Lipinski definition) is 9. The van der Waals surface area contributed by atoms with Crippen molar-refractivity contribution in [3.8, 4) is 17.3 Å². The van der Waals surface area contributed by atoms with Crippen LogP contribution in [0.2, 0.25) is 0 Å². The molecule has 2 fully saturated rings. The molecule has 0 aliphatic carbocycles. The minimum atomic E-state index is -4.51. The molecule has 0 saturated carbocycles. The fourth-order valence-electron chi connectivity index (χ4n) is 5.25. The van der Waals surface area contributed by atoms with E-state index in [1.54, 1.807) is 17.2 Å². The number of nitrogens with one attached hydrogen (secondary N) is 1. The molecule has 2 amide bonds. The lowest BCUT2D eigenvalue weighted by Crippen LogP contribution is -2.56. The summed E-state index contributed by atoms with van der Waals surface area (Å²) in [5, 5.41) is 10.8. The largest absolute Gasteiger partial charge is 0.474 e. The summed E-state index contributed by atoms with van der Waals surface area (Å²) in [6.45, 7) is 5.58. The molecule has 3 aliphatic heterocycles. The Kier molecular flexibility index (Phi) is 6.90. The smallest absolute Gasteiger partial charge is 0.416 e.